The highest BCUT2D eigenvalue weighted by Crippen LogP contribution is 2.29. The Bertz CT molecular complexity index is 739. The lowest BCUT2D eigenvalue weighted by Crippen LogP contribution is -1.85. The molecule has 5 heteroatoms. The summed E-state index contributed by atoms with van der Waals surface area (Å²) in [6.45, 7) is 0. The van der Waals surface area contributed by atoms with Crippen molar-refractivity contribution in [2.75, 3.05) is 5.73 Å². The second-order valence-electron chi connectivity index (χ2n) is 3.87. The average Bonchev–Trinajstić information content (AvgIpc) is 2.71. The lowest BCUT2D eigenvalue weighted by Gasteiger charge is -1.98. The van der Waals surface area contributed by atoms with Crippen molar-refractivity contribution in [3.8, 4) is 11.5 Å². The standard InChI is InChI=1S/C13H8FIN2O/c14-7-1-3-9(10(15)5-7)13-17-11-6-8(16)2-4-12(11)18-13/h1-6H,16H2. The predicted octanol–water partition coefficient (Wildman–Crippen LogP) is 3.82. The quantitative estimate of drug-likeness (QED) is 0.534. The van der Waals surface area contributed by atoms with Crippen molar-refractivity contribution in [3.63, 3.8) is 0 Å². The molecule has 3 aromatic rings. The van der Waals surface area contributed by atoms with Crippen LogP contribution in [0.3, 0.4) is 0 Å². The molecule has 0 unspecified atom stereocenters. The summed E-state index contributed by atoms with van der Waals surface area (Å²) in [5.74, 6) is 0.198. The first-order chi connectivity index (χ1) is 8.63. The average molecular weight is 354 g/mol. The van der Waals surface area contributed by atoms with Crippen molar-refractivity contribution in [2.45, 2.75) is 0 Å². The SMILES string of the molecule is Nc1ccc2oc(-c3ccc(F)cc3I)nc2c1. The predicted molar refractivity (Wildman–Crippen MR) is 76.5 cm³/mol. The number of nitrogen functional groups attached to an aromatic ring is 1. The zero-order valence-corrected chi connectivity index (χ0v) is 11.3. The second-order valence-corrected chi connectivity index (χ2v) is 5.03. The van der Waals surface area contributed by atoms with E-state index < -0.39 is 0 Å². The molecular weight excluding hydrogens is 346 g/mol. The fourth-order valence-corrected chi connectivity index (χ4v) is 2.43. The van der Waals surface area contributed by atoms with Gasteiger partial charge in [0.1, 0.15) is 11.3 Å². The Labute approximate surface area is 116 Å². The molecule has 2 aromatic carbocycles. The van der Waals surface area contributed by atoms with Gasteiger partial charge in [-0.25, -0.2) is 9.37 Å². The van der Waals surface area contributed by atoms with Crippen molar-refractivity contribution >= 4 is 39.4 Å². The normalized spacial score (nSPS) is 11.0. The van der Waals surface area contributed by atoms with Gasteiger partial charge in [0, 0.05) is 9.26 Å². The highest BCUT2D eigenvalue weighted by Gasteiger charge is 2.11. The highest BCUT2D eigenvalue weighted by atomic mass is 127. The van der Waals surface area contributed by atoms with E-state index in [1.54, 1.807) is 24.3 Å². The fourth-order valence-electron chi connectivity index (χ4n) is 1.72. The van der Waals surface area contributed by atoms with Crippen LogP contribution in [0.2, 0.25) is 0 Å². The molecule has 0 bridgehead atoms. The summed E-state index contributed by atoms with van der Waals surface area (Å²) in [5.41, 5.74) is 8.46. The van der Waals surface area contributed by atoms with Crippen LogP contribution in [0.4, 0.5) is 10.1 Å². The molecule has 0 fully saturated rings. The largest absolute Gasteiger partial charge is 0.436 e. The molecule has 2 N–H and O–H groups in total. The summed E-state index contributed by atoms with van der Waals surface area (Å²) in [6.07, 6.45) is 0. The Morgan fingerprint density at radius 2 is 2.00 bits per heavy atom. The van der Waals surface area contributed by atoms with E-state index in [9.17, 15) is 4.39 Å². The van der Waals surface area contributed by atoms with E-state index in [4.69, 9.17) is 10.2 Å². The van der Waals surface area contributed by atoms with Crippen molar-refractivity contribution in [1.82, 2.24) is 4.98 Å². The molecule has 0 aliphatic rings. The highest BCUT2D eigenvalue weighted by molar-refractivity contribution is 14.1. The van der Waals surface area contributed by atoms with Gasteiger partial charge in [0.05, 0.1) is 5.56 Å². The number of aromatic nitrogens is 1. The first-order valence-electron chi connectivity index (χ1n) is 5.25. The number of fused-ring (bicyclic) bond motifs is 1. The lowest BCUT2D eigenvalue weighted by molar-refractivity contribution is 0.615. The number of anilines is 1. The van der Waals surface area contributed by atoms with Gasteiger partial charge in [-0.15, -0.1) is 0 Å². The molecular formula is C13H8FIN2O. The maximum absolute atomic E-state index is 13.0. The molecule has 0 radical (unpaired) electrons. The van der Waals surface area contributed by atoms with E-state index in [0.717, 1.165) is 9.13 Å². The molecule has 1 heterocycles. The van der Waals surface area contributed by atoms with Gasteiger partial charge in [0.25, 0.3) is 0 Å². The molecule has 0 atom stereocenters. The third-order valence-corrected chi connectivity index (χ3v) is 3.47. The Kier molecular flexibility index (Phi) is 2.70. The summed E-state index contributed by atoms with van der Waals surface area (Å²) in [5, 5.41) is 0. The van der Waals surface area contributed by atoms with Gasteiger partial charge < -0.3 is 10.2 Å². The van der Waals surface area contributed by atoms with Crippen LogP contribution in [-0.2, 0) is 0 Å². The van der Waals surface area contributed by atoms with Crippen molar-refractivity contribution in [2.24, 2.45) is 0 Å². The van der Waals surface area contributed by atoms with Crippen LogP contribution >= 0.6 is 22.6 Å². The Balaban J connectivity index is 2.19. The molecule has 90 valence electrons. The van der Waals surface area contributed by atoms with Crippen LogP contribution in [0.5, 0.6) is 0 Å². The summed E-state index contributed by atoms with van der Waals surface area (Å²) >= 11 is 2.06. The monoisotopic (exact) mass is 354 g/mol. The lowest BCUT2D eigenvalue weighted by atomic mass is 10.2. The zero-order valence-electron chi connectivity index (χ0n) is 9.15. The minimum atomic E-state index is -0.275. The molecule has 0 amide bonds. The number of hydrogen-bond donors (Lipinski definition) is 1. The zero-order chi connectivity index (χ0) is 12.7. The summed E-state index contributed by atoms with van der Waals surface area (Å²) in [6, 6.07) is 9.77. The molecule has 1 aromatic heterocycles. The third-order valence-electron chi connectivity index (χ3n) is 2.57. The number of halogens is 2. The van der Waals surface area contributed by atoms with E-state index in [-0.39, 0.29) is 5.82 Å². The van der Waals surface area contributed by atoms with Gasteiger partial charge in [0.15, 0.2) is 5.58 Å². The number of nitrogens with two attached hydrogens (primary N) is 1. The first kappa shape index (κ1) is 11.5. The van der Waals surface area contributed by atoms with Crippen molar-refractivity contribution in [3.05, 3.63) is 45.8 Å². The fraction of sp³-hybridized carbons (Fsp3) is 0. The van der Waals surface area contributed by atoms with Gasteiger partial charge in [-0.2, -0.15) is 0 Å². The number of oxazole rings is 1. The van der Waals surface area contributed by atoms with E-state index in [0.29, 0.717) is 22.7 Å². The molecule has 0 saturated carbocycles. The van der Waals surface area contributed by atoms with Crippen molar-refractivity contribution in [1.29, 1.82) is 0 Å². The first-order valence-corrected chi connectivity index (χ1v) is 6.33. The second kappa shape index (κ2) is 4.24. The van der Waals surface area contributed by atoms with Gasteiger partial charge in [-0.1, -0.05) is 0 Å². The van der Waals surface area contributed by atoms with Crippen LogP contribution in [0.25, 0.3) is 22.6 Å². The van der Waals surface area contributed by atoms with Gasteiger partial charge in [-0.3, -0.25) is 0 Å². The van der Waals surface area contributed by atoms with Crippen LogP contribution in [0.1, 0.15) is 0 Å². The molecule has 3 rings (SSSR count). The molecule has 3 nitrogen and oxygen atoms in total. The van der Waals surface area contributed by atoms with E-state index in [2.05, 4.69) is 27.6 Å². The minimum Gasteiger partial charge on any atom is -0.436 e. The Morgan fingerprint density at radius 1 is 1.17 bits per heavy atom. The topological polar surface area (TPSA) is 52.0 Å². The molecule has 0 aliphatic carbocycles. The number of rotatable bonds is 1. The summed E-state index contributed by atoms with van der Waals surface area (Å²) in [4.78, 5) is 4.36. The number of benzene rings is 2. The van der Waals surface area contributed by atoms with Gasteiger partial charge >= 0.3 is 0 Å². The van der Waals surface area contributed by atoms with E-state index in [1.165, 1.54) is 12.1 Å². The Hall–Kier alpha value is -1.63. The summed E-state index contributed by atoms with van der Waals surface area (Å²) in [7, 11) is 0. The summed E-state index contributed by atoms with van der Waals surface area (Å²) < 4.78 is 19.4. The molecule has 18 heavy (non-hydrogen) atoms. The minimum absolute atomic E-state index is 0.275. The van der Waals surface area contributed by atoms with Crippen LogP contribution < -0.4 is 5.73 Å². The van der Waals surface area contributed by atoms with E-state index in [1.807, 2.05) is 0 Å². The van der Waals surface area contributed by atoms with Gasteiger partial charge in [0.2, 0.25) is 5.89 Å². The maximum atomic E-state index is 13.0. The number of nitrogens with zero attached hydrogens (tertiary/aromatic N) is 1. The molecule has 0 saturated heterocycles. The van der Waals surface area contributed by atoms with Crippen molar-refractivity contribution < 1.29 is 8.81 Å². The number of hydrogen-bond acceptors (Lipinski definition) is 3. The Morgan fingerprint density at radius 3 is 2.78 bits per heavy atom. The smallest absolute Gasteiger partial charge is 0.228 e. The third kappa shape index (κ3) is 1.94. The van der Waals surface area contributed by atoms with Crippen LogP contribution in [-0.4, -0.2) is 4.98 Å². The van der Waals surface area contributed by atoms with Crippen LogP contribution in [0.15, 0.2) is 40.8 Å². The van der Waals surface area contributed by atoms with E-state index >= 15 is 0 Å². The van der Waals surface area contributed by atoms with Gasteiger partial charge in [-0.05, 0) is 59.0 Å². The van der Waals surface area contributed by atoms with Crippen LogP contribution in [0, 0.1) is 9.39 Å². The maximum Gasteiger partial charge on any atom is 0.228 e. The molecule has 0 aliphatic heterocycles. The molecule has 0 spiro atoms.